The van der Waals surface area contributed by atoms with Crippen molar-refractivity contribution in [1.82, 2.24) is 0 Å². The maximum atomic E-state index is 11.6. The second kappa shape index (κ2) is 14.3. The topological polar surface area (TPSA) is 83.5 Å². The third-order valence-electron chi connectivity index (χ3n) is 2.00. The smallest absolute Gasteiger partial charge is 0.250 e. The van der Waals surface area contributed by atoms with Gasteiger partial charge >= 0.3 is 0 Å². The summed E-state index contributed by atoms with van der Waals surface area (Å²) in [6.45, 7) is 2.82. The van der Waals surface area contributed by atoms with Crippen LogP contribution in [-0.4, -0.2) is 76.7 Å². The molecule has 0 aromatic carbocycles. The summed E-state index contributed by atoms with van der Waals surface area (Å²) < 4.78 is 36.8. The molecule has 0 bridgehead atoms. The van der Waals surface area contributed by atoms with Crippen molar-refractivity contribution in [2.75, 3.05) is 71.8 Å². The Labute approximate surface area is 125 Å². The van der Waals surface area contributed by atoms with E-state index in [9.17, 15) is 9.46 Å². The van der Waals surface area contributed by atoms with Gasteiger partial charge in [-0.15, -0.1) is 0 Å². The van der Waals surface area contributed by atoms with Crippen molar-refractivity contribution in [3.63, 3.8) is 0 Å². The molecule has 0 spiro atoms. The van der Waals surface area contributed by atoms with Crippen molar-refractivity contribution >= 4 is 20.0 Å². The van der Waals surface area contributed by atoms with Crippen molar-refractivity contribution < 1.29 is 33.1 Å². The Kier molecular flexibility index (Phi) is 14.5. The largest absolute Gasteiger partial charge is 0.382 e. The standard InChI is InChI=1S/C11H25O7PS/c1-14-2-3-15-4-6-17-10-19(12,13)11-18-7-5-16-8-9-20/h20H,2-11H2,1H3,(H,12,13). The maximum Gasteiger partial charge on any atom is 0.250 e. The lowest BCUT2D eigenvalue weighted by atomic mass is 10.7. The highest BCUT2D eigenvalue weighted by Gasteiger charge is 2.18. The highest BCUT2D eigenvalue weighted by molar-refractivity contribution is 7.80. The minimum atomic E-state index is -3.40. The second-order valence-corrected chi connectivity index (χ2v) is 6.52. The Morgan fingerprint density at radius 1 is 0.850 bits per heavy atom. The van der Waals surface area contributed by atoms with Crippen LogP contribution in [0.25, 0.3) is 0 Å². The molecule has 0 aromatic rings. The minimum Gasteiger partial charge on any atom is -0.382 e. The summed E-state index contributed by atoms with van der Waals surface area (Å²) in [5, 5.41) is 0. The monoisotopic (exact) mass is 332 g/mol. The summed E-state index contributed by atoms with van der Waals surface area (Å²) in [7, 11) is -1.82. The molecular weight excluding hydrogens is 307 g/mol. The van der Waals surface area contributed by atoms with Crippen LogP contribution in [0.3, 0.4) is 0 Å². The van der Waals surface area contributed by atoms with E-state index in [0.29, 0.717) is 38.8 Å². The minimum absolute atomic E-state index is 0.234. The van der Waals surface area contributed by atoms with Gasteiger partial charge < -0.3 is 28.6 Å². The second-order valence-electron chi connectivity index (χ2n) is 3.86. The Morgan fingerprint density at radius 3 is 1.80 bits per heavy atom. The van der Waals surface area contributed by atoms with E-state index in [1.807, 2.05) is 0 Å². The molecule has 122 valence electrons. The van der Waals surface area contributed by atoms with Crippen molar-refractivity contribution in [2.45, 2.75) is 0 Å². The van der Waals surface area contributed by atoms with Gasteiger partial charge in [0.05, 0.1) is 46.2 Å². The van der Waals surface area contributed by atoms with Crippen LogP contribution in [0.5, 0.6) is 0 Å². The highest BCUT2D eigenvalue weighted by atomic mass is 32.1. The summed E-state index contributed by atoms with van der Waals surface area (Å²) in [4.78, 5) is 9.55. The first-order chi connectivity index (χ1) is 9.62. The molecule has 0 aliphatic carbocycles. The maximum absolute atomic E-state index is 11.6. The molecule has 0 amide bonds. The molecule has 1 N–H and O–H groups in total. The van der Waals surface area contributed by atoms with Gasteiger partial charge in [-0.3, -0.25) is 4.57 Å². The van der Waals surface area contributed by atoms with E-state index in [1.54, 1.807) is 7.11 Å². The Hall–Kier alpha value is 0.340. The quantitative estimate of drug-likeness (QED) is 0.261. The zero-order chi connectivity index (χ0) is 15.1. The van der Waals surface area contributed by atoms with Crippen molar-refractivity contribution in [3.8, 4) is 0 Å². The van der Waals surface area contributed by atoms with E-state index in [4.69, 9.17) is 23.7 Å². The third-order valence-corrected chi connectivity index (χ3v) is 3.35. The first-order valence-electron chi connectivity index (χ1n) is 6.34. The van der Waals surface area contributed by atoms with Gasteiger partial charge in [0.2, 0.25) is 7.37 Å². The molecule has 0 radical (unpaired) electrons. The molecule has 0 rings (SSSR count). The van der Waals surface area contributed by atoms with Gasteiger partial charge in [-0.25, -0.2) is 0 Å². The summed E-state index contributed by atoms with van der Waals surface area (Å²) in [5.41, 5.74) is 0. The highest BCUT2D eigenvalue weighted by Crippen LogP contribution is 2.39. The van der Waals surface area contributed by atoms with E-state index < -0.39 is 7.37 Å². The van der Waals surface area contributed by atoms with Crippen LogP contribution in [0.4, 0.5) is 0 Å². The third kappa shape index (κ3) is 14.7. The van der Waals surface area contributed by atoms with Gasteiger partial charge in [0.25, 0.3) is 0 Å². The number of rotatable bonds is 15. The van der Waals surface area contributed by atoms with Crippen LogP contribution in [0.1, 0.15) is 0 Å². The average Bonchev–Trinajstić information content (AvgIpc) is 2.41. The van der Waals surface area contributed by atoms with E-state index >= 15 is 0 Å². The molecule has 1 unspecified atom stereocenters. The van der Waals surface area contributed by atoms with Crippen molar-refractivity contribution in [1.29, 1.82) is 0 Å². The van der Waals surface area contributed by atoms with E-state index in [1.165, 1.54) is 0 Å². The Bertz CT molecular complexity index is 255. The molecule has 0 saturated carbocycles. The van der Waals surface area contributed by atoms with Crippen LogP contribution < -0.4 is 0 Å². The van der Waals surface area contributed by atoms with E-state index in [0.717, 1.165) is 0 Å². The molecule has 20 heavy (non-hydrogen) atoms. The lowest BCUT2D eigenvalue weighted by molar-refractivity contribution is 0.0319. The van der Waals surface area contributed by atoms with Gasteiger partial charge in [-0.05, 0) is 0 Å². The van der Waals surface area contributed by atoms with Gasteiger partial charge in [-0.1, -0.05) is 0 Å². The molecule has 0 fully saturated rings. The van der Waals surface area contributed by atoms with Crippen molar-refractivity contribution in [3.05, 3.63) is 0 Å². The molecule has 1 atom stereocenters. The van der Waals surface area contributed by atoms with Crippen LogP contribution in [0.15, 0.2) is 0 Å². The Balaban J connectivity index is 3.38. The molecule has 0 aromatic heterocycles. The van der Waals surface area contributed by atoms with E-state index in [2.05, 4.69) is 12.6 Å². The van der Waals surface area contributed by atoms with Crippen LogP contribution in [-0.2, 0) is 28.2 Å². The van der Waals surface area contributed by atoms with Gasteiger partial charge in [0, 0.05) is 12.9 Å². The number of methoxy groups -OCH3 is 1. The van der Waals surface area contributed by atoms with Gasteiger partial charge in [-0.2, -0.15) is 12.6 Å². The van der Waals surface area contributed by atoms with Crippen LogP contribution in [0, 0.1) is 0 Å². The van der Waals surface area contributed by atoms with Crippen LogP contribution >= 0.6 is 20.0 Å². The number of ether oxygens (including phenoxy) is 5. The fourth-order valence-electron chi connectivity index (χ4n) is 1.10. The number of hydrogen-bond donors (Lipinski definition) is 2. The predicted molar refractivity (Wildman–Crippen MR) is 78.8 cm³/mol. The molecular formula is C11H25O7PS. The summed E-state index contributed by atoms with van der Waals surface area (Å²) in [5.74, 6) is 0.638. The lowest BCUT2D eigenvalue weighted by Crippen LogP contribution is -2.11. The molecule has 7 nitrogen and oxygen atoms in total. The molecule has 0 saturated heterocycles. The molecule has 9 heteroatoms. The molecule has 0 aliphatic heterocycles. The molecule has 0 heterocycles. The van der Waals surface area contributed by atoms with Crippen molar-refractivity contribution in [2.24, 2.45) is 0 Å². The average molecular weight is 332 g/mol. The van der Waals surface area contributed by atoms with Gasteiger partial charge in [0.15, 0.2) is 0 Å². The Morgan fingerprint density at radius 2 is 1.30 bits per heavy atom. The number of thiol groups is 1. The van der Waals surface area contributed by atoms with Gasteiger partial charge in [0.1, 0.15) is 12.7 Å². The summed E-state index contributed by atoms with van der Waals surface area (Å²) in [6, 6.07) is 0. The summed E-state index contributed by atoms with van der Waals surface area (Å²) in [6.07, 6.45) is -0.472. The summed E-state index contributed by atoms with van der Waals surface area (Å²) >= 11 is 3.98. The normalized spacial score (nSPS) is 14.3. The zero-order valence-electron chi connectivity index (χ0n) is 11.9. The molecule has 0 aliphatic rings. The predicted octanol–water partition coefficient (Wildman–Crippen LogP) is 0.814. The van der Waals surface area contributed by atoms with Crippen LogP contribution in [0.2, 0.25) is 0 Å². The SMILES string of the molecule is COCCOCCOCP(=O)(O)COCCOCCS. The lowest BCUT2D eigenvalue weighted by Gasteiger charge is -2.12. The first-order valence-corrected chi connectivity index (χ1v) is 9.00. The number of hydrogen-bond acceptors (Lipinski definition) is 7. The first kappa shape index (κ1) is 20.3. The van der Waals surface area contributed by atoms with E-state index in [-0.39, 0.29) is 25.9 Å². The fraction of sp³-hybridized carbons (Fsp3) is 1.00. The fourth-order valence-corrected chi connectivity index (χ4v) is 2.13. The zero-order valence-corrected chi connectivity index (χ0v) is 13.7.